The first kappa shape index (κ1) is 38.2. The summed E-state index contributed by atoms with van der Waals surface area (Å²) in [7, 11) is 9.25. The van der Waals surface area contributed by atoms with Gasteiger partial charge in [-0.1, -0.05) is 48.0 Å². The van der Waals surface area contributed by atoms with Crippen LogP contribution in [0.15, 0.2) is 66.9 Å². The Hall–Kier alpha value is -4.68. The van der Waals surface area contributed by atoms with Crippen LogP contribution in [0.4, 0.5) is 0 Å². The molecule has 294 valence electrons. The number of nitrogens with zero attached hydrogens (tertiary/aromatic N) is 5. The molecule has 2 aromatic heterocycles. The summed E-state index contributed by atoms with van der Waals surface area (Å²) in [6.45, 7) is 1.95. The molecular weight excluding hydrogens is 730 g/mol. The van der Waals surface area contributed by atoms with Gasteiger partial charge in [-0.25, -0.2) is 9.67 Å². The molecule has 0 saturated heterocycles. The molecule has 0 radical (unpaired) electrons. The van der Waals surface area contributed by atoms with E-state index >= 15 is 0 Å². The number of carbonyl (C=O) groups is 1. The van der Waals surface area contributed by atoms with Crippen molar-refractivity contribution in [3.8, 4) is 45.5 Å². The van der Waals surface area contributed by atoms with Crippen molar-refractivity contribution in [2.75, 3.05) is 35.4 Å². The summed E-state index contributed by atoms with van der Waals surface area (Å²) in [6.07, 6.45) is 8.88. The zero-order valence-corrected chi connectivity index (χ0v) is 33.5. The minimum absolute atomic E-state index is 0.0732. The molecule has 0 amide bonds. The average Bonchev–Trinajstić information content (AvgIpc) is 3.65. The summed E-state index contributed by atoms with van der Waals surface area (Å²) >= 11 is 7.28. The second-order valence-corrected chi connectivity index (χ2v) is 16.2. The Morgan fingerprint density at radius 1 is 0.875 bits per heavy atom. The maximum absolute atomic E-state index is 11.1. The van der Waals surface area contributed by atoms with Crippen LogP contribution in [0.5, 0.6) is 17.4 Å². The summed E-state index contributed by atoms with van der Waals surface area (Å²) in [6, 6.07) is 20.6. The Morgan fingerprint density at radius 2 is 1.54 bits per heavy atom. The van der Waals surface area contributed by atoms with Crippen molar-refractivity contribution in [2.45, 2.75) is 87.7 Å². The van der Waals surface area contributed by atoms with Gasteiger partial charge in [-0.05, 0) is 83.2 Å². The highest BCUT2D eigenvalue weighted by molar-refractivity contribution is 6.36. The van der Waals surface area contributed by atoms with Crippen LogP contribution in [0.3, 0.4) is 0 Å². The lowest BCUT2D eigenvalue weighted by molar-refractivity contribution is -0.164. The number of aromatic nitrogens is 3. The van der Waals surface area contributed by atoms with Crippen LogP contribution in [-0.4, -0.2) is 94.9 Å². The van der Waals surface area contributed by atoms with Crippen LogP contribution in [0, 0.1) is 0 Å². The molecular formula is C44H50ClN5O6. The zero-order valence-electron chi connectivity index (χ0n) is 32.8. The van der Waals surface area contributed by atoms with E-state index in [1.54, 1.807) is 21.3 Å². The van der Waals surface area contributed by atoms with E-state index in [4.69, 9.17) is 40.6 Å². The van der Waals surface area contributed by atoms with Crippen LogP contribution in [0.1, 0.15) is 62.5 Å². The molecule has 4 saturated carbocycles. The van der Waals surface area contributed by atoms with Crippen LogP contribution in [-0.2, 0) is 22.6 Å². The van der Waals surface area contributed by atoms with Crippen molar-refractivity contribution in [1.29, 1.82) is 0 Å². The van der Waals surface area contributed by atoms with Gasteiger partial charge in [-0.3, -0.25) is 14.6 Å². The molecule has 5 aromatic rings. The summed E-state index contributed by atoms with van der Waals surface area (Å²) in [4.78, 5) is 20.8. The molecule has 12 heteroatoms. The lowest BCUT2D eigenvalue weighted by Crippen LogP contribution is -2.58. The van der Waals surface area contributed by atoms with E-state index < -0.39 is 0 Å². The van der Waals surface area contributed by atoms with Crippen LogP contribution < -0.4 is 14.2 Å². The second-order valence-electron chi connectivity index (χ2n) is 15.8. The number of pyridine rings is 1. The lowest BCUT2D eigenvalue weighted by Gasteiger charge is -2.55. The van der Waals surface area contributed by atoms with Crippen molar-refractivity contribution < 1.29 is 28.8 Å². The molecule has 4 aliphatic rings. The Kier molecular flexibility index (Phi) is 10.5. The number of aliphatic hydroxyl groups excluding tert-OH is 1. The maximum Gasteiger partial charge on any atom is 0.293 e. The Bertz CT molecular complexity index is 2200. The van der Waals surface area contributed by atoms with Gasteiger partial charge in [-0.15, -0.1) is 0 Å². The molecule has 9 rings (SSSR count). The number of methoxy groups -OCH3 is 3. The van der Waals surface area contributed by atoms with Crippen molar-refractivity contribution in [2.24, 2.45) is 0 Å². The Labute approximate surface area is 333 Å². The van der Waals surface area contributed by atoms with E-state index in [0.717, 1.165) is 101 Å². The van der Waals surface area contributed by atoms with Gasteiger partial charge in [0.1, 0.15) is 17.1 Å². The normalized spacial score (nSPS) is 23.0. The molecule has 4 aliphatic carbocycles. The fraction of sp³-hybridized carbons (Fsp3) is 0.432. The fourth-order valence-corrected chi connectivity index (χ4v) is 9.62. The van der Waals surface area contributed by atoms with E-state index in [2.05, 4.69) is 36.0 Å². The number of fused-ring (bicyclic) bond motifs is 4. The van der Waals surface area contributed by atoms with Gasteiger partial charge in [0, 0.05) is 58.9 Å². The minimum atomic E-state index is -0.279. The highest BCUT2D eigenvalue weighted by Crippen LogP contribution is 2.51. The predicted molar refractivity (Wildman–Crippen MR) is 217 cm³/mol. The van der Waals surface area contributed by atoms with Gasteiger partial charge in [0.2, 0.25) is 5.88 Å². The molecule has 0 atom stereocenters. The third-order valence-electron chi connectivity index (χ3n) is 12.9. The summed E-state index contributed by atoms with van der Waals surface area (Å²) in [5.74, 6) is 2.00. The number of aliphatic hydroxyl groups is 1. The van der Waals surface area contributed by atoms with Gasteiger partial charge < -0.3 is 24.1 Å². The summed E-state index contributed by atoms with van der Waals surface area (Å²) < 4.78 is 25.1. The van der Waals surface area contributed by atoms with E-state index in [1.165, 1.54) is 0 Å². The number of ether oxygens (including phenoxy) is 4. The monoisotopic (exact) mass is 779 g/mol. The first-order chi connectivity index (χ1) is 27.1. The number of halogens is 1. The molecule has 2 bridgehead atoms. The first-order valence-electron chi connectivity index (χ1n) is 19.4. The standard InChI is InChI=1S/C44H50ClN5O6/c1-48(29-20-31(52)21-29)26-36-39(53-3)22-30(23-40(36)54-4)50-38-11-7-8-32(35(38)24-46-50)33-9-6-10-34(41(33)45)37-13-12-28(42(47-37)55-5)25-49(2)43-14-17-44(18-15-43,19-16-43)56-27-51/h6-13,22-24,27,29,31,52H,14-21,25-26H2,1-5H3. The number of hydrogen-bond donors (Lipinski definition) is 1. The number of rotatable bonds is 14. The molecule has 56 heavy (non-hydrogen) atoms. The molecule has 1 N–H and O–H groups in total. The minimum Gasteiger partial charge on any atom is -0.496 e. The van der Waals surface area contributed by atoms with E-state index in [0.29, 0.717) is 48.0 Å². The third kappa shape index (κ3) is 6.78. The first-order valence-corrected chi connectivity index (χ1v) is 19.8. The van der Waals surface area contributed by atoms with Crippen LogP contribution >= 0.6 is 11.6 Å². The average molecular weight is 780 g/mol. The summed E-state index contributed by atoms with van der Waals surface area (Å²) in [5.41, 5.74) is 6.83. The van der Waals surface area contributed by atoms with Crippen LogP contribution in [0.2, 0.25) is 5.02 Å². The summed E-state index contributed by atoms with van der Waals surface area (Å²) in [5, 5.41) is 16.2. The Morgan fingerprint density at radius 3 is 2.18 bits per heavy atom. The van der Waals surface area contributed by atoms with E-state index in [9.17, 15) is 9.90 Å². The van der Waals surface area contributed by atoms with Crippen molar-refractivity contribution in [1.82, 2.24) is 24.6 Å². The zero-order chi connectivity index (χ0) is 39.2. The second kappa shape index (κ2) is 15.3. The van der Waals surface area contributed by atoms with Gasteiger partial charge in [0.25, 0.3) is 6.47 Å². The van der Waals surface area contributed by atoms with E-state index in [1.807, 2.05) is 59.4 Å². The molecule has 11 nitrogen and oxygen atoms in total. The predicted octanol–water partition coefficient (Wildman–Crippen LogP) is 7.84. The lowest BCUT2D eigenvalue weighted by atomic mass is 9.62. The number of benzene rings is 3. The van der Waals surface area contributed by atoms with Gasteiger partial charge in [0.05, 0.1) is 61.1 Å². The topological polar surface area (TPSA) is 111 Å². The molecule has 0 spiro atoms. The Balaban J connectivity index is 1.06. The fourth-order valence-electron chi connectivity index (χ4n) is 9.30. The molecule has 0 unspecified atom stereocenters. The van der Waals surface area contributed by atoms with E-state index in [-0.39, 0.29) is 17.2 Å². The van der Waals surface area contributed by atoms with Gasteiger partial charge in [-0.2, -0.15) is 5.10 Å². The maximum atomic E-state index is 11.1. The molecule has 2 heterocycles. The largest absolute Gasteiger partial charge is 0.496 e. The van der Waals surface area contributed by atoms with Gasteiger partial charge >= 0.3 is 0 Å². The third-order valence-corrected chi connectivity index (χ3v) is 13.3. The smallest absolute Gasteiger partial charge is 0.293 e. The van der Waals surface area contributed by atoms with Gasteiger partial charge in [0.15, 0.2) is 0 Å². The molecule has 4 fully saturated rings. The number of carbonyl (C=O) groups excluding carboxylic acids is 1. The number of hydrogen-bond acceptors (Lipinski definition) is 10. The molecule has 3 aromatic carbocycles. The highest BCUT2D eigenvalue weighted by Gasteiger charge is 2.51. The quantitative estimate of drug-likeness (QED) is 0.112. The van der Waals surface area contributed by atoms with Crippen molar-refractivity contribution >= 4 is 29.0 Å². The highest BCUT2D eigenvalue weighted by atomic mass is 35.5. The van der Waals surface area contributed by atoms with Crippen molar-refractivity contribution in [3.63, 3.8) is 0 Å². The van der Waals surface area contributed by atoms with Crippen LogP contribution in [0.25, 0.3) is 39.0 Å². The molecule has 0 aliphatic heterocycles. The SMILES string of the molecule is COc1cc(-n2ncc3c(-c4cccc(-c5ccc(CN(C)C67CCC(OC=O)(CC6)CC7)c(OC)n5)c4Cl)cccc32)cc(OC)c1CN(C)C1CC(O)C1. The van der Waals surface area contributed by atoms with Crippen molar-refractivity contribution in [3.05, 3.63) is 83.0 Å².